The second-order valence-electron chi connectivity index (χ2n) is 7.79. The van der Waals surface area contributed by atoms with E-state index in [1.54, 1.807) is 14.2 Å². The van der Waals surface area contributed by atoms with Gasteiger partial charge in [0.1, 0.15) is 11.5 Å². The molecule has 0 aliphatic heterocycles. The van der Waals surface area contributed by atoms with Crippen molar-refractivity contribution in [2.24, 2.45) is 0 Å². The molecule has 0 radical (unpaired) electrons. The molecule has 0 bridgehead atoms. The Morgan fingerprint density at radius 3 is 1.80 bits per heavy atom. The van der Waals surface area contributed by atoms with Crippen molar-refractivity contribution in [3.63, 3.8) is 0 Å². The van der Waals surface area contributed by atoms with E-state index in [4.69, 9.17) is 9.47 Å². The number of methoxy groups -OCH3 is 2. The molecule has 0 fully saturated rings. The quantitative estimate of drug-likeness (QED) is 0.627. The van der Waals surface area contributed by atoms with Gasteiger partial charge in [0.2, 0.25) is 0 Å². The molecule has 3 aromatic rings. The van der Waals surface area contributed by atoms with E-state index < -0.39 is 6.10 Å². The molecule has 0 saturated heterocycles. The van der Waals surface area contributed by atoms with Gasteiger partial charge < -0.3 is 19.9 Å². The van der Waals surface area contributed by atoms with Crippen molar-refractivity contribution in [2.45, 2.75) is 30.9 Å². The van der Waals surface area contributed by atoms with Crippen LogP contribution in [0.2, 0.25) is 0 Å². The Hall–Kier alpha value is -2.82. The van der Waals surface area contributed by atoms with Crippen LogP contribution in [-0.2, 0) is 12.8 Å². The highest BCUT2D eigenvalue weighted by molar-refractivity contribution is 5.51. The van der Waals surface area contributed by atoms with Crippen LogP contribution in [0, 0.1) is 0 Å². The number of nitrogens with one attached hydrogen (secondary N) is 1. The lowest BCUT2D eigenvalue weighted by atomic mass is 9.84. The molecule has 0 amide bonds. The first kappa shape index (κ1) is 20.5. The van der Waals surface area contributed by atoms with Crippen LogP contribution in [0.4, 0.5) is 0 Å². The molecule has 0 unspecified atom stereocenters. The summed E-state index contributed by atoms with van der Waals surface area (Å²) in [5, 5.41) is 14.5. The molecule has 0 saturated carbocycles. The van der Waals surface area contributed by atoms with Crippen LogP contribution in [0.15, 0.2) is 72.8 Å². The summed E-state index contributed by atoms with van der Waals surface area (Å²) in [7, 11) is 3.36. The number of fused-ring (bicyclic) bond motifs is 1. The summed E-state index contributed by atoms with van der Waals surface area (Å²) in [5.74, 6) is 1.88. The predicted molar refractivity (Wildman–Crippen MR) is 119 cm³/mol. The Morgan fingerprint density at radius 1 is 0.800 bits per heavy atom. The Labute approximate surface area is 178 Å². The second-order valence-corrected chi connectivity index (χ2v) is 7.79. The maximum Gasteiger partial charge on any atom is 0.122 e. The van der Waals surface area contributed by atoms with Gasteiger partial charge in [0.15, 0.2) is 0 Å². The highest BCUT2D eigenvalue weighted by Gasteiger charge is 2.31. The van der Waals surface area contributed by atoms with E-state index in [-0.39, 0.29) is 12.0 Å². The molecule has 2 N–H and O–H groups in total. The number of aliphatic hydroxyl groups is 1. The summed E-state index contributed by atoms with van der Waals surface area (Å²) >= 11 is 0. The molecule has 1 aliphatic rings. The molecular weight excluding hydrogens is 374 g/mol. The summed E-state index contributed by atoms with van der Waals surface area (Å²) in [5.41, 5.74) is 4.70. The van der Waals surface area contributed by atoms with Gasteiger partial charge in [-0.3, -0.25) is 0 Å². The summed E-state index contributed by atoms with van der Waals surface area (Å²) in [6, 6.07) is 24.9. The van der Waals surface area contributed by atoms with Gasteiger partial charge in [-0.15, -0.1) is 0 Å². The van der Waals surface area contributed by atoms with Crippen LogP contribution in [0.3, 0.4) is 0 Å². The SMILES string of the molecule is COc1ccc(OC)c2c1C[C@H](NCC(c1ccccc1)c1ccccc1)[C@@H](O)C2. The largest absolute Gasteiger partial charge is 0.496 e. The van der Waals surface area contributed by atoms with Gasteiger partial charge in [0.25, 0.3) is 0 Å². The lowest BCUT2D eigenvalue weighted by Gasteiger charge is -2.33. The van der Waals surface area contributed by atoms with Crippen LogP contribution >= 0.6 is 0 Å². The smallest absolute Gasteiger partial charge is 0.122 e. The van der Waals surface area contributed by atoms with Crippen molar-refractivity contribution in [1.29, 1.82) is 0 Å². The van der Waals surface area contributed by atoms with Crippen LogP contribution in [-0.4, -0.2) is 38.0 Å². The van der Waals surface area contributed by atoms with Crippen molar-refractivity contribution in [3.8, 4) is 11.5 Å². The summed E-state index contributed by atoms with van der Waals surface area (Å²) < 4.78 is 11.1. The zero-order valence-electron chi connectivity index (χ0n) is 17.5. The van der Waals surface area contributed by atoms with Gasteiger partial charge >= 0.3 is 0 Å². The number of hydrogen-bond acceptors (Lipinski definition) is 4. The predicted octanol–water partition coefficient (Wildman–Crippen LogP) is 3.95. The minimum Gasteiger partial charge on any atom is -0.496 e. The number of hydrogen-bond donors (Lipinski definition) is 2. The highest BCUT2D eigenvalue weighted by Crippen LogP contribution is 2.36. The zero-order chi connectivity index (χ0) is 20.9. The molecule has 0 aromatic heterocycles. The van der Waals surface area contributed by atoms with Crippen molar-refractivity contribution in [1.82, 2.24) is 5.32 Å². The minimum absolute atomic E-state index is 0.0477. The van der Waals surface area contributed by atoms with E-state index in [1.165, 1.54) is 11.1 Å². The fourth-order valence-corrected chi connectivity index (χ4v) is 4.46. The molecular formula is C26H29NO3. The molecule has 4 heteroatoms. The highest BCUT2D eigenvalue weighted by atomic mass is 16.5. The van der Waals surface area contributed by atoms with Crippen molar-refractivity contribution in [2.75, 3.05) is 20.8 Å². The maximum atomic E-state index is 10.9. The Balaban J connectivity index is 1.57. The third kappa shape index (κ3) is 4.20. The normalized spacial score (nSPS) is 18.1. The van der Waals surface area contributed by atoms with Crippen molar-refractivity contribution >= 4 is 0 Å². The molecule has 156 valence electrons. The lowest BCUT2D eigenvalue weighted by molar-refractivity contribution is 0.117. The van der Waals surface area contributed by atoms with Gasteiger partial charge in [-0.1, -0.05) is 60.7 Å². The number of aliphatic hydroxyl groups excluding tert-OH is 1. The topological polar surface area (TPSA) is 50.7 Å². The maximum absolute atomic E-state index is 10.9. The molecule has 4 nitrogen and oxygen atoms in total. The first-order valence-electron chi connectivity index (χ1n) is 10.4. The number of ether oxygens (including phenoxy) is 2. The van der Waals surface area contributed by atoms with Gasteiger partial charge in [-0.2, -0.15) is 0 Å². The number of benzene rings is 3. The first-order chi connectivity index (χ1) is 14.7. The van der Waals surface area contributed by atoms with Crippen LogP contribution in [0.1, 0.15) is 28.2 Å². The van der Waals surface area contributed by atoms with Crippen molar-refractivity contribution in [3.05, 3.63) is 95.1 Å². The monoisotopic (exact) mass is 403 g/mol. The average Bonchev–Trinajstić information content (AvgIpc) is 2.80. The minimum atomic E-state index is -0.481. The van der Waals surface area contributed by atoms with Gasteiger partial charge in [-0.25, -0.2) is 0 Å². The van der Waals surface area contributed by atoms with Gasteiger partial charge in [0, 0.05) is 36.1 Å². The Bertz CT molecular complexity index is 919. The molecule has 1 aliphatic carbocycles. The van der Waals surface area contributed by atoms with E-state index in [0.717, 1.165) is 29.2 Å². The van der Waals surface area contributed by atoms with E-state index in [0.29, 0.717) is 12.8 Å². The summed E-state index contributed by atoms with van der Waals surface area (Å²) in [4.78, 5) is 0. The fraction of sp³-hybridized carbons (Fsp3) is 0.308. The second kappa shape index (κ2) is 9.33. The molecule has 3 aromatic carbocycles. The summed E-state index contributed by atoms with van der Waals surface area (Å²) in [6.07, 6.45) is 0.771. The molecule has 0 heterocycles. The molecule has 0 spiro atoms. The Kier molecular flexibility index (Phi) is 6.36. The first-order valence-corrected chi connectivity index (χ1v) is 10.4. The van der Waals surface area contributed by atoms with Gasteiger partial charge in [0.05, 0.1) is 20.3 Å². The standard InChI is InChI=1S/C26H29NO3/c1-29-25-13-14-26(30-2)21-16-24(28)23(15-20(21)25)27-17-22(18-9-5-3-6-10-18)19-11-7-4-8-12-19/h3-14,22-24,27-28H,15-17H2,1-2H3/t23-,24-/m0/s1. The Morgan fingerprint density at radius 2 is 1.30 bits per heavy atom. The molecule has 4 rings (SSSR count). The third-order valence-electron chi connectivity index (χ3n) is 6.07. The zero-order valence-corrected chi connectivity index (χ0v) is 17.5. The van der Waals surface area contributed by atoms with Crippen molar-refractivity contribution < 1.29 is 14.6 Å². The average molecular weight is 404 g/mol. The van der Waals surface area contributed by atoms with E-state index in [9.17, 15) is 5.11 Å². The van der Waals surface area contributed by atoms with Crippen LogP contribution < -0.4 is 14.8 Å². The fourth-order valence-electron chi connectivity index (χ4n) is 4.46. The van der Waals surface area contributed by atoms with E-state index in [1.807, 2.05) is 24.3 Å². The van der Waals surface area contributed by atoms with Crippen LogP contribution in [0.5, 0.6) is 11.5 Å². The van der Waals surface area contributed by atoms with E-state index >= 15 is 0 Å². The van der Waals surface area contributed by atoms with Gasteiger partial charge in [-0.05, 0) is 29.7 Å². The molecule has 30 heavy (non-hydrogen) atoms. The lowest BCUT2D eigenvalue weighted by Crippen LogP contribution is -2.47. The van der Waals surface area contributed by atoms with E-state index in [2.05, 4.69) is 53.8 Å². The number of rotatable bonds is 7. The summed E-state index contributed by atoms with van der Waals surface area (Å²) in [6.45, 7) is 0.747. The molecule has 2 atom stereocenters. The van der Waals surface area contributed by atoms with Crippen LogP contribution in [0.25, 0.3) is 0 Å². The third-order valence-corrected chi connectivity index (χ3v) is 6.07.